The average Bonchev–Trinajstić information content (AvgIpc) is 3.48. The third-order valence-corrected chi connectivity index (χ3v) is 6.31. The fourth-order valence-electron chi connectivity index (χ4n) is 4.77. The lowest BCUT2D eigenvalue weighted by atomic mass is 10.1. The minimum absolute atomic E-state index is 0.120. The van der Waals surface area contributed by atoms with Gasteiger partial charge in [0.2, 0.25) is 5.88 Å². The lowest BCUT2D eigenvalue weighted by Gasteiger charge is -2.33. The number of ether oxygens (including phenoxy) is 1. The van der Waals surface area contributed by atoms with Crippen LogP contribution in [0, 0.1) is 12.8 Å². The number of imidazole rings is 1. The van der Waals surface area contributed by atoms with E-state index >= 15 is 0 Å². The molecule has 0 unspecified atom stereocenters. The topological polar surface area (TPSA) is 73.1 Å². The Morgan fingerprint density at radius 3 is 2.61 bits per heavy atom. The number of nitrogens with zero attached hydrogens (tertiary/aromatic N) is 5. The number of carbonyl (C=O) groups is 1. The molecule has 4 heterocycles. The Hall–Kier alpha value is -3.43. The fraction of sp³-hybridized carbons (Fsp3) is 0.391. The summed E-state index contributed by atoms with van der Waals surface area (Å²) in [7, 11) is 1.86. The molecule has 2 bridgehead atoms. The zero-order chi connectivity index (χ0) is 23.3. The van der Waals surface area contributed by atoms with Crippen molar-refractivity contribution < 1.29 is 22.7 Å². The Bertz CT molecular complexity index is 1190. The molecule has 33 heavy (non-hydrogen) atoms. The Morgan fingerprint density at radius 2 is 1.97 bits per heavy atom. The van der Waals surface area contributed by atoms with Crippen molar-refractivity contribution in [2.75, 3.05) is 6.54 Å². The van der Waals surface area contributed by atoms with Crippen LogP contribution in [0.5, 0.6) is 5.88 Å². The molecule has 172 valence electrons. The molecular weight excluding hydrogens is 435 g/mol. The number of pyridine rings is 2. The van der Waals surface area contributed by atoms with Gasteiger partial charge in [0.15, 0.2) is 0 Å². The maximum absolute atomic E-state index is 13.6. The maximum Gasteiger partial charge on any atom is 0.417 e. The van der Waals surface area contributed by atoms with Crippen LogP contribution in [-0.2, 0) is 13.2 Å². The van der Waals surface area contributed by atoms with E-state index in [-0.39, 0.29) is 29.9 Å². The third kappa shape index (κ3) is 3.94. The normalized spacial score (nSPS) is 22.1. The molecule has 3 aromatic heterocycles. The highest BCUT2D eigenvalue weighted by Gasteiger charge is 2.49. The fourth-order valence-corrected chi connectivity index (χ4v) is 4.77. The summed E-state index contributed by atoms with van der Waals surface area (Å²) < 4.78 is 46.2. The molecular formula is C23H22F3N5O2. The molecule has 1 saturated heterocycles. The van der Waals surface area contributed by atoms with Gasteiger partial charge in [-0.2, -0.15) is 13.2 Å². The molecule has 1 aliphatic carbocycles. The number of hydrogen-bond acceptors (Lipinski definition) is 5. The van der Waals surface area contributed by atoms with Crippen LogP contribution in [0.15, 0.2) is 43.0 Å². The van der Waals surface area contributed by atoms with Gasteiger partial charge in [0.1, 0.15) is 17.6 Å². The van der Waals surface area contributed by atoms with Crippen LogP contribution >= 0.6 is 0 Å². The van der Waals surface area contributed by atoms with Gasteiger partial charge in [-0.3, -0.25) is 9.78 Å². The van der Waals surface area contributed by atoms with Crippen molar-refractivity contribution in [1.29, 1.82) is 0 Å². The van der Waals surface area contributed by atoms with Crippen molar-refractivity contribution in [3.63, 3.8) is 0 Å². The molecule has 1 saturated carbocycles. The summed E-state index contributed by atoms with van der Waals surface area (Å²) in [4.78, 5) is 28.0. The summed E-state index contributed by atoms with van der Waals surface area (Å²) in [5, 5.41) is 0. The van der Waals surface area contributed by atoms with Crippen LogP contribution < -0.4 is 4.74 Å². The number of fused-ring (bicyclic) bond motifs is 2. The number of piperidine rings is 1. The number of halogens is 3. The van der Waals surface area contributed by atoms with Gasteiger partial charge in [0.25, 0.3) is 5.91 Å². The SMILES string of the molecule is Cc1cnc(C(=O)N2C[C@H]3C[C@@H](Oc4ccc(C(F)(F)F)cn4)[C@@H]2C3)c(-c2nccn2C)c1. The first-order valence-electron chi connectivity index (χ1n) is 10.7. The predicted molar refractivity (Wildman–Crippen MR) is 112 cm³/mol. The summed E-state index contributed by atoms with van der Waals surface area (Å²) in [5.74, 6) is 0.838. The van der Waals surface area contributed by atoms with E-state index in [4.69, 9.17) is 4.74 Å². The predicted octanol–water partition coefficient (Wildman–Crippen LogP) is 3.89. The van der Waals surface area contributed by atoms with Crippen LogP contribution in [0.1, 0.15) is 34.5 Å². The first kappa shape index (κ1) is 21.4. The molecule has 5 rings (SSSR count). The van der Waals surface area contributed by atoms with Crippen LogP contribution in [0.4, 0.5) is 13.2 Å². The van der Waals surface area contributed by atoms with Crippen molar-refractivity contribution in [2.24, 2.45) is 13.0 Å². The van der Waals surface area contributed by atoms with Gasteiger partial charge in [-0.1, -0.05) is 0 Å². The number of hydrogen-bond donors (Lipinski definition) is 0. The number of alkyl halides is 3. The summed E-state index contributed by atoms with van der Waals surface area (Å²) in [6.07, 6.45) is 2.63. The molecule has 0 radical (unpaired) electrons. The zero-order valence-electron chi connectivity index (χ0n) is 18.1. The van der Waals surface area contributed by atoms with Gasteiger partial charge in [0, 0.05) is 50.0 Å². The van der Waals surface area contributed by atoms with Crippen molar-refractivity contribution in [2.45, 2.75) is 38.1 Å². The monoisotopic (exact) mass is 457 g/mol. The highest BCUT2D eigenvalue weighted by Crippen LogP contribution is 2.41. The number of carbonyl (C=O) groups excluding carboxylic acids is 1. The number of rotatable bonds is 4. The van der Waals surface area contributed by atoms with Crippen LogP contribution in [0.2, 0.25) is 0 Å². The molecule has 0 aromatic carbocycles. The maximum atomic E-state index is 13.6. The van der Waals surface area contributed by atoms with Gasteiger partial charge >= 0.3 is 6.18 Å². The Morgan fingerprint density at radius 1 is 1.15 bits per heavy atom. The first-order valence-corrected chi connectivity index (χ1v) is 10.7. The van der Waals surface area contributed by atoms with Gasteiger partial charge < -0.3 is 14.2 Å². The Labute approximate surface area is 188 Å². The highest BCUT2D eigenvalue weighted by atomic mass is 19.4. The van der Waals surface area contributed by atoms with E-state index in [1.54, 1.807) is 17.3 Å². The molecule has 2 aliphatic rings. The molecule has 3 aromatic rings. The molecule has 1 aliphatic heterocycles. The van der Waals surface area contributed by atoms with E-state index in [0.717, 1.165) is 30.7 Å². The minimum Gasteiger partial charge on any atom is -0.472 e. The number of aryl methyl sites for hydroxylation is 2. The summed E-state index contributed by atoms with van der Waals surface area (Å²) in [6, 6.07) is 3.89. The van der Waals surface area contributed by atoms with Gasteiger partial charge in [0.05, 0.1) is 11.6 Å². The van der Waals surface area contributed by atoms with Crippen molar-refractivity contribution in [1.82, 2.24) is 24.4 Å². The molecule has 7 nitrogen and oxygen atoms in total. The smallest absolute Gasteiger partial charge is 0.417 e. The van der Waals surface area contributed by atoms with Crippen molar-refractivity contribution in [3.8, 4) is 17.3 Å². The molecule has 0 N–H and O–H groups in total. The molecule has 1 amide bonds. The van der Waals surface area contributed by atoms with Gasteiger partial charge in [-0.05, 0) is 43.4 Å². The van der Waals surface area contributed by atoms with Crippen LogP contribution in [0.3, 0.4) is 0 Å². The Kier molecular flexibility index (Phi) is 5.10. The lowest BCUT2D eigenvalue weighted by Crippen LogP contribution is -2.47. The number of aromatic nitrogens is 4. The number of likely N-dealkylation sites (tertiary alicyclic amines) is 1. The average molecular weight is 457 g/mol. The van der Waals surface area contributed by atoms with Gasteiger partial charge in [-0.15, -0.1) is 0 Å². The largest absolute Gasteiger partial charge is 0.472 e. The van der Waals surface area contributed by atoms with Crippen molar-refractivity contribution >= 4 is 5.91 Å². The first-order chi connectivity index (χ1) is 15.7. The zero-order valence-corrected chi connectivity index (χ0v) is 18.1. The van der Waals surface area contributed by atoms with Crippen molar-refractivity contribution in [3.05, 3.63) is 59.8 Å². The molecule has 10 heteroatoms. The van der Waals surface area contributed by atoms with Crippen LogP contribution in [-0.4, -0.2) is 49.0 Å². The van der Waals surface area contributed by atoms with E-state index in [0.29, 0.717) is 23.6 Å². The third-order valence-electron chi connectivity index (χ3n) is 6.31. The second-order valence-electron chi connectivity index (χ2n) is 8.67. The summed E-state index contributed by atoms with van der Waals surface area (Å²) in [6.45, 7) is 2.51. The van der Waals surface area contributed by atoms with E-state index < -0.39 is 11.7 Å². The molecule has 3 atom stereocenters. The van der Waals surface area contributed by atoms with E-state index in [2.05, 4.69) is 15.0 Å². The van der Waals surface area contributed by atoms with E-state index in [1.165, 1.54) is 6.07 Å². The second-order valence-corrected chi connectivity index (χ2v) is 8.67. The highest BCUT2D eigenvalue weighted by molar-refractivity contribution is 5.98. The standard InChI is InChI=1S/C23H22F3N5O2/c1-13-7-16(21-27-5-6-30(21)2)20(29-10-13)22(32)31-12-14-8-17(31)18(9-14)33-19-4-3-15(11-28-19)23(24,25)26/h3-7,10-11,14,17-18H,8-9,12H2,1-2H3/t14-,17+,18-/m1/s1. The van der Waals surface area contributed by atoms with Gasteiger partial charge in [-0.25, -0.2) is 9.97 Å². The van der Waals surface area contributed by atoms with Crippen LogP contribution in [0.25, 0.3) is 11.4 Å². The summed E-state index contributed by atoms with van der Waals surface area (Å²) in [5.41, 5.74) is 1.08. The molecule has 0 spiro atoms. The summed E-state index contributed by atoms with van der Waals surface area (Å²) >= 11 is 0. The second kappa shape index (κ2) is 7.86. The molecule has 2 fully saturated rings. The number of amides is 1. The lowest BCUT2D eigenvalue weighted by molar-refractivity contribution is -0.137. The quantitative estimate of drug-likeness (QED) is 0.595. The van der Waals surface area contributed by atoms with E-state index in [9.17, 15) is 18.0 Å². The minimum atomic E-state index is -4.45. The van der Waals surface area contributed by atoms with E-state index in [1.807, 2.05) is 30.8 Å². The Balaban J connectivity index is 1.38.